The summed E-state index contributed by atoms with van der Waals surface area (Å²) in [7, 11) is 0. The van der Waals surface area contributed by atoms with E-state index in [9.17, 15) is 14.4 Å². The van der Waals surface area contributed by atoms with Crippen LogP contribution in [0.1, 0.15) is 25.7 Å². The summed E-state index contributed by atoms with van der Waals surface area (Å²) in [6.07, 6.45) is 5.87. The highest BCUT2D eigenvalue weighted by Crippen LogP contribution is 2.41. The topological polar surface area (TPSA) is 150 Å². The van der Waals surface area contributed by atoms with E-state index in [-0.39, 0.29) is 71.5 Å². The van der Waals surface area contributed by atoms with Gasteiger partial charge in [-0.15, -0.1) is 0 Å². The zero-order valence-electron chi connectivity index (χ0n) is 29.8. The number of rotatable bonds is 9. The number of halogens is 3. The number of fused-ring (bicyclic) bond motifs is 3. The third-order valence-corrected chi connectivity index (χ3v) is 11.0. The van der Waals surface area contributed by atoms with Crippen LogP contribution in [0.5, 0.6) is 6.01 Å². The number of ether oxygens (including phenoxy) is 2. The van der Waals surface area contributed by atoms with E-state index in [0.29, 0.717) is 50.5 Å². The molecule has 0 radical (unpaired) electrons. The van der Waals surface area contributed by atoms with Crippen molar-refractivity contribution in [2.24, 2.45) is 0 Å². The number of piperazine rings is 1. The lowest BCUT2D eigenvalue weighted by atomic mass is 9.95. The van der Waals surface area contributed by atoms with E-state index in [1.807, 2.05) is 11.0 Å². The molecular formula is C38H41F3N10O3. The molecule has 2 N–H and O–H groups in total. The van der Waals surface area contributed by atoms with Crippen LogP contribution in [0.15, 0.2) is 42.6 Å². The summed E-state index contributed by atoms with van der Waals surface area (Å²) in [6, 6.07) is 7.55. The van der Waals surface area contributed by atoms with Crippen LogP contribution < -0.4 is 15.4 Å². The van der Waals surface area contributed by atoms with E-state index in [4.69, 9.17) is 20.2 Å². The predicted octanol–water partition coefficient (Wildman–Crippen LogP) is 3.87. The number of nitrogens with zero attached hydrogens (tertiary/aromatic N) is 9. The number of pyridine rings is 2. The number of aromatic nitrogens is 4. The number of morpholine rings is 1. The van der Waals surface area contributed by atoms with Crippen molar-refractivity contribution in [3.63, 3.8) is 0 Å². The maximum absolute atomic E-state index is 16.9. The molecule has 0 saturated carbocycles. The smallest absolute Gasteiger partial charge is 0.319 e. The first-order valence-corrected chi connectivity index (χ1v) is 18.4. The third kappa shape index (κ3) is 6.87. The van der Waals surface area contributed by atoms with Crippen molar-refractivity contribution in [1.29, 1.82) is 5.26 Å². The largest absolute Gasteiger partial charge is 0.461 e. The summed E-state index contributed by atoms with van der Waals surface area (Å²) in [5.74, 6) is -1.32. The van der Waals surface area contributed by atoms with E-state index < -0.39 is 29.4 Å². The maximum atomic E-state index is 16.9. The van der Waals surface area contributed by atoms with Crippen molar-refractivity contribution in [3.05, 3.63) is 54.2 Å². The first-order valence-electron chi connectivity index (χ1n) is 18.4. The Hall–Kier alpha value is -5.11. The number of hydrogen-bond donors (Lipinski definition) is 1. The minimum Gasteiger partial charge on any atom is -0.461 e. The molecule has 4 aliphatic rings. The minimum absolute atomic E-state index is 0.0600. The van der Waals surface area contributed by atoms with Gasteiger partial charge in [-0.3, -0.25) is 19.6 Å². The lowest BCUT2D eigenvalue weighted by Crippen LogP contribution is -2.55. The molecule has 0 aliphatic carbocycles. The van der Waals surface area contributed by atoms with Gasteiger partial charge >= 0.3 is 6.01 Å². The fourth-order valence-electron chi connectivity index (χ4n) is 8.40. The summed E-state index contributed by atoms with van der Waals surface area (Å²) < 4.78 is 58.4. The molecule has 7 heterocycles. The quantitative estimate of drug-likeness (QED) is 0.248. The van der Waals surface area contributed by atoms with Crippen LogP contribution in [0, 0.1) is 23.0 Å². The summed E-state index contributed by atoms with van der Waals surface area (Å²) in [4.78, 5) is 39.3. The summed E-state index contributed by atoms with van der Waals surface area (Å²) in [6.45, 7) is 5.54. The van der Waals surface area contributed by atoms with Gasteiger partial charge in [-0.05, 0) is 36.9 Å². The van der Waals surface area contributed by atoms with Gasteiger partial charge in [0.25, 0.3) is 0 Å². The Morgan fingerprint density at radius 1 is 1.11 bits per heavy atom. The molecule has 0 bridgehead atoms. The Balaban J connectivity index is 1.15. The Morgan fingerprint density at radius 3 is 2.80 bits per heavy atom. The van der Waals surface area contributed by atoms with Crippen molar-refractivity contribution in [3.8, 4) is 23.5 Å². The number of benzene rings is 1. The fraction of sp³-hybridized carbons (Fsp3) is 0.474. The predicted molar refractivity (Wildman–Crippen MR) is 195 cm³/mol. The monoisotopic (exact) mass is 742 g/mol. The number of amides is 1. The number of hydrogen-bond acceptors (Lipinski definition) is 12. The Kier molecular flexibility index (Phi) is 9.95. The first-order chi connectivity index (χ1) is 26.2. The summed E-state index contributed by atoms with van der Waals surface area (Å²) in [5.41, 5.74) is 5.10. The summed E-state index contributed by atoms with van der Waals surface area (Å²) >= 11 is 0. The van der Waals surface area contributed by atoms with Gasteiger partial charge in [0.15, 0.2) is 5.82 Å². The van der Waals surface area contributed by atoms with Gasteiger partial charge in [0.1, 0.15) is 47.1 Å². The Morgan fingerprint density at radius 2 is 1.96 bits per heavy atom. The summed E-state index contributed by atoms with van der Waals surface area (Å²) in [5, 5.41) is 10.5. The number of carbonyl (C=O) groups excluding carboxylic acids is 1. The van der Waals surface area contributed by atoms with Gasteiger partial charge in [-0.1, -0.05) is 18.2 Å². The van der Waals surface area contributed by atoms with E-state index in [0.717, 1.165) is 32.5 Å². The van der Waals surface area contributed by atoms with Crippen LogP contribution in [0.2, 0.25) is 0 Å². The standard InChI is InChI=1S/C38H41F3N10O3/c39-25-19-38(8-3-11-50(38)21-25)23-54-37-46-33-27(20-44-35(32(33)41)34-31-24(18-29(43)45-34)4-1-5-28(31)40)36(47-37)49-12-13-51(26(22-49)7-9-42)30(52)6-2-10-48-14-16-53-17-15-48/h1-2,4-6,18,20,25-26H,3,7-8,10-17,19,21-23H2,(H2,43,45)/b6-2+/t25-,26+,38+/m1/s1. The Bertz CT molecular complexity index is 2140. The molecule has 1 aromatic carbocycles. The van der Waals surface area contributed by atoms with Crippen LogP contribution in [-0.4, -0.2) is 130 Å². The van der Waals surface area contributed by atoms with E-state index >= 15 is 8.78 Å². The number of nitrogen functional groups attached to an aromatic ring is 1. The molecule has 54 heavy (non-hydrogen) atoms. The van der Waals surface area contributed by atoms with E-state index in [1.54, 1.807) is 17.0 Å². The van der Waals surface area contributed by atoms with Crippen LogP contribution >= 0.6 is 0 Å². The van der Waals surface area contributed by atoms with Gasteiger partial charge in [-0.2, -0.15) is 15.2 Å². The van der Waals surface area contributed by atoms with Gasteiger partial charge in [0.2, 0.25) is 5.91 Å². The average Bonchev–Trinajstić information content (AvgIpc) is 3.70. The zero-order chi connectivity index (χ0) is 37.4. The minimum atomic E-state index is -0.973. The SMILES string of the molecule is N#CC[C@H]1CN(c2nc(OC[C@@]34CCCN3C[C@H](F)C4)nc3c(F)c(-c4nc(N)cc5cccc(F)c45)ncc23)CCN1C(=O)/C=C/CN1CCOCC1. The van der Waals surface area contributed by atoms with Gasteiger partial charge in [-0.25, -0.2) is 18.2 Å². The van der Waals surface area contributed by atoms with Crippen LogP contribution in [0.25, 0.3) is 33.1 Å². The second-order valence-corrected chi connectivity index (χ2v) is 14.4. The zero-order valence-corrected chi connectivity index (χ0v) is 29.8. The number of anilines is 2. The van der Waals surface area contributed by atoms with Crippen molar-refractivity contribution < 1.29 is 27.4 Å². The molecule has 13 nitrogen and oxygen atoms in total. The van der Waals surface area contributed by atoms with Gasteiger partial charge < -0.3 is 25.0 Å². The molecule has 3 atom stereocenters. The fourth-order valence-corrected chi connectivity index (χ4v) is 8.40. The molecule has 3 aromatic heterocycles. The molecule has 0 unspecified atom stereocenters. The van der Waals surface area contributed by atoms with Crippen molar-refractivity contribution in [2.45, 2.75) is 43.4 Å². The normalized spacial score (nSPS) is 23.7. The van der Waals surface area contributed by atoms with E-state index in [2.05, 4.69) is 30.8 Å². The molecular weight excluding hydrogens is 701 g/mol. The van der Waals surface area contributed by atoms with Crippen LogP contribution in [-0.2, 0) is 9.53 Å². The molecule has 8 rings (SSSR count). The van der Waals surface area contributed by atoms with Crippen molar-refractivity contribution in [1.82, 2.24) is 34.6 Å². The first kappa shape index (κ1) is 35.9. The second kappa shape index (κ2) is 15.0. The van der Waals surface area contributed by atoms with E-state index in [1.165, 1.54) is 24.4 Å². The van der Waals surface area contributed by atoms with Gasteiger partial charge in [0.05, 0.1) is 42.7 Å². The third-order valence-electron chi connectivity index (χ3n) is 11.0. The molecule has 0 spiro atoms. The van der Waals surface area contributed by atoms with Crippen molar-refractivity contribution in [2.75, 3.05) is 82.8 Å². The highest BCUT2D eigenvalue weighted by Gasteiger charge is 2.49. The number of carbonyl (C=O) groups is 1. The molecule has 282 valence electrons. The van der Waals surface area contributed by atoms with Crippen LogP contribution in [0.3, 0.4) is 0 Å². The molecule has 16 heteroatoms. The number of nitrogens with two attached hydrogens (primary N) is 1. The lowest BCUT2D eigenvalue weighted by Gasteiger charge is -2.41. The lowest BCUT2D eigenvalue weighted by molar-refractivity contribution is -0.128. The average molecular weight is 743 g/mol. The number of nitriles is 1. The second-order valence-electron chi connectivity index (χ2n) is 14.4. The molecule has 1 amide bonds. The molecule has 4 aromatic rings. The maximum Gasteiger partial charge on any atom is 0.319 e. The van der Waals surface area contributed by atoms with Crippen LogP contribution in [0.4, 0.5) is 24.8 Å². The van der Waals surface area contributed by atoms with Gasteiger partial charge in [0, 0.05) is 69.9 Å². The highest BCUT2D eigenvalue weighted by molar-refractivity contribution is 5.99. The highest BCUT2D eigenvalue weighted by atomic mass is 19.1. The number of alkyl halides is 1. The Labute approximate surface area is 310 Å². The molecule has 4 saturated heterocycles. The van der Waals surface area contributed by atoms with Crippen molar-refractivity contribution >= 4 is 39.2 Å². The molecule has 4 aliphatic heterocycles. The molecule has 4 fully saturated rings.